The van der Waals surface area contributed by atoms with Crippen molar-refractivity contribution in [3.05, 3.63) is 0 Å². The second-order valence-corrected chi connectivity index (χ2v) is 0.909. The van der Waals surface area contributed by atoms with Gasteiger partial charge in [-0.2, -0.15) is 0 Å². The molecule has 0 aromatic rings. The van der Waals surface area contributed by atoms with Crippen molar-refractivity contribution in [3.8, 4) is 0 Å². The molecular weight excluding hydrogens is 163 g/mol. The fourth-order valence-corrected chi connectivity index (χ4v) is 0. The van der Waals surface area contributed by atoms with Crippen molar-refractivity contribution < 1.29 is 0 Å². The average Bonchev–Trinajstić information content (AvgIpc) is 0.918. The molecule has 0 N–H and O–H groups in total. The maximum absolute atomic E-state index is 4.76. The van der Waals surface area contributed by atoms with Gasteiger partial charge in [0.2, 0.25) is 0 Å². The molecule has 0 heterocycles. The lowest BCUT2D eigenvalue weighted by Gasteiger charge is -1.42. The number of hydrogen-bond donors (Lipinski definition) is 0. The van der Waals surface area contributed by atoms with Gasteiger partial charge >= 0.3 is 0 Å². The zero-order valence-electron chi connectivity index (χ0n) is 1.87. The Morgan fingerprint density at radius 3 is 1.25 bits per heavy atom. The molecule has 0 fully saturated rings. The second kappa shape index (κ2) is 8.96. The van der Waals surface area contributed by atoms with Gasteiger partial charge < -0.3 is 0 Å². The summed E-state index contributed by atoms with van der Waals surface area (Å²) >= 11 is 9.53. The van der Waals surface area contributed by atoms with Crippen LogP contribution in [0.5, 0.6) is 0 Å². The predicted molar refractivity (Wildman–Crippen MR) is 26.9 cm³/mol. The molecule has 28 valence electrons. The van der Waals surface area contributed by atoms with Crippen LogP contribution in [0.3, 0.4) is 0 Å². The summed E-state index contributed by atoms with van der Waals surface area (Å²) in [5.74, 6) is 0. The van der Waals surface area contributed by atoms with Gasteiger partial charge in [-0.3, -0.25) is 0 Å². The summed E-state index contributed by atoms with van der Waals surface area (Å²) in [7, 11) is 0. The Hall–Kier alpha value is 1.06. The summed E-state index contributed by atoms with van der Waals surface area (Å²) in [4.78, 5) is 0. The Balaban J connectivity index is 0. The average molecular weight is 166 g/mol. The molecule has 0 amide bonds. The Bertz CT molecular complexity index is 6.00. The third-order valence-electron chi connectivity index (χ3n) is 0. The van der Waals surface area contributed by atoms with E-state index in [4.69, 9.17) is 23.2 Å². The summed E-state index contributed by atoms with van der Waals surface area (Å²) in [5.41, 5.74) is 0. The molecule has 0 rings (SSSR count). The van der Waals surface area contributed by atoms with E-state index in [2.05, 4.69) is 0 Å². The first-order valence-corrected chi connectivity index (χ1v) is 1.60. The summed E-state index contributed by atoms with van der Waals surface area (Å²) in [6.07, 6.45) is 0. The van der Waals surface area contributed by atoms with Crippen molar-refractivity contribution in [1.29, 1.82) is 0 Å². The molecule has 3 heteroatoms. The molecular formula is CH3BrCl2. The van der Waals surface area contributed by atoms with Crippen LogP contribution in [0.25, 0.3) is 0 Å². The summed E-state index contributed by atoms with van der Waals surface area (Å²) in [6, 6.07) is 0. The minimum Gasteiger partial charge on any atom is -0.114 e. The smallest absolute Gasteiger partial charge is 0.0967 e. The van der Waals surface area contributed by atoms with Crippen molar-refractivity contribution >= 4 is 40.2 Å². The van der Waals surface area contributed by atoms with Crippen molar-refractivity contribution in [1.82, 2.24) is 0 Å². The Morgan fingerprint density at radius 1 is 1.25 bits per heavy atom. The van der Waals surface area contributed by atoms with Gasteiger partial charge in [0.25, 0.3) is 0 Å². The number of halogens is 3. The molecule has 0 aliphatic rings. The third-order valence-corrected chi connectivity index (χ3v) is 0. The number of alkyl halides is 2. The predicted octanol–water partition coefficient (Wildman–Crippen LogP) is 2.00. The summed E-state index contributed by atoms with van der Waals surface area (Å²) in [5, 5.41) is 0.194. The lowest BCUT2D eigenvalue weighted by atomic mass is 11.9. The first-order valence-electron chi connectivity index (χ1n) is 0.535. The lowest BCUT2D eigenvalue weighted by molar-refractivity contribution is 2.20. The molecule has 0 spiro atoms. The Labute approximate surface area is 45.9 Å². The van der Waals surface area contributed by atoms with E-state index in [0.717, 1.165) is 0 Å². The normalized spacial score (nSPS) is 4.50. The van der Waals surface area contributed by atoms with Crippen molar-refractivity contribution in [2.75, 3.05) is 5.34 Å². The van der Waals surface area contributed by atoms with E-state index < -0.39 is 0 Å². The highest BCUT2D eigenvalue weighted by Gasteiger charge is 1.41. The van der Waals surface area contributed by atoms with Gasteiger partial charge in [0, 0.05) is 0 Å². The van der Waals surface area contributed by atoms with Crippen LogP contribution in [-0.2, 0) is 0 Å². The van der Waals surface area contributed by atoms with Gasteiger partial charge in [0.1, 0.15) is 0 Å². The second-order valence-electron chi connectivity index (χ2n) is 0.101. The SMILES string of the molecule is Br.ClCCl. The zero-order chi connectivity index (χ0) is 2.71. The Morgan fingerprint density at radius 2 is 1.25 bits per heavy atom. The van der Waals surface area contributed by atoms with Gasteiger partial charge in [0.05, 0.1) is 5.34 Å². The van der Waals surface area contributed by atoms with E-state index in [1.807, 2.05) is 0 Å². The third kappa shape index (κ3) is 11.6. The fourth-order valence-electron chi connectivity index (χ4n) is 0. The van der Waals surface area contributed by atoms with Gasteiger partial charge in [-0.1, -0.05) is 0 Å². The number of rotatable bonds is 0. The van der Waals surface area contributed by atoms with Crippen LogP contribution in [0.15, 0.2) is 0 Å². The van der Waals surface area contributed by atoms with Crippen LogP contribution >= 0.6 is 40.2 Å². The maximum Gasteiger partial charge on any atom is 0.0967 e. The van der Waals surface area contributed by atoms with Gasteiger partial charge in [-0.15, -0.1) is 40.2 Å². The molecule has 0 saturated heterocycles. The number of hydrogen-bond acceptors (Lipinski definition) is 0. The summed E-state index contributed by atoms with van der Waals surface area (Å²) < 4.78 is 0. The van der Waals surface area contributed by atoms with E-state index in [0.29, 0.717) is 0 Å². The van der Waals surface area contributed by atoms with Crippen LogP contribution in [0.1, 0.15) is 0 Å². The topological polar surface area (TPSA) is 0 Å². The molecule has 0 radical (unpaired) electrons. The highest BCUT2D eigenvalue weighted by molar-refractivity contribution is 8.93. The standard InChI is InChI=1S/CH2Cl2.BrH/c2-1-3;/h1H2;1H. The fraction of sp³-hybridized carbons (Fsp3) is 1.00. The van der Waals surface area contributed by atoms with E-state index in [1.54, 1.807) is 0 Å². The highest BCUT2D eigenvalue weighted by Crippen LogP contribution is 1.73. The van der Waals surface area contributed by atoms with E-state index in [1.165, 1.54) is 0 Å². The largest absolute Gasteiger partial charge is 0.114 e. The quantitative estimate of drug-likeness (QED) is 0.482. The van der Waals surface area contributed by atoms with Crippen LogP contribution in [-0.4, -0.2) is 5.34 Å². The zero-order valence-corrected chi connectivity index (χ0v) is 5.10. The molecule has 0 nitrogen and oxygen atoms in total. The molecule has 0 unspecified atom stereocenters. The molecule has 0 aliphatic carbocycles. The first-order chi connectivity index (χ1) is 1.41. The maximum atomic E-state index is 4.76. The molecule has 0 saturated carbocycles. The molecule has 0 atom stereocenters. The van der Waals surface area contributed by atoms with Crippen molar-refractivity contribution in [2.24, 2.45) is 0 Å². The minimum atomic E-state index is 0. The van der Waals surface area contributed by atoms with Crippen LogP contribution in [0, 0.1) is 0 Å². The monoisotopic (exact) mass is 164 g/mol. The first kappa shape index (κ1) is 8.91. The lowest BCUT2D eigenvalue weighted by Crippen LogP contribution is -1.24. The van der Waals surface area contributed by atoms with Gasteiger partial charge in [-0.05, 0) is 0 Å². The molecule has 4 heavy (non-hydrogen) atoms. The van der Waals surface area contributed by atoms with E-state index >= 15 is 0 Å². The van der Waals surface area contributed by atoms with Gasteiger partial charge in [-0.25, -0.2) is 0 Å². The molecule has 0 aromatic carbocycles. The van der Waals surface area contributed by atoms with Gasteiger partial charge in [0.15, 0.2) is 0 Å². The van der Waals surface area contributed by atoms with Crippen LogP contribution < -0.4 is 0 Å². The van der Waals surface area contributed by atoms with E-state index in [-0.39, 0.29) is 22.3 Å². The molecule has 0 aromatic heterocycles. The van der Waals surface area contributed by atoms with Crippen molar-refractivity contribution in [3.63, 3.8) is 0 Å². The summed E-state index contributed by atoms with van der Waals surface area (Å²) in [6.45, 7) is 0. The van der Waals surface area contributed by atoms with Crippen molar-refractivity contribution in [2.45, 2.75) is 0 Å². The van der Waals surface area contributed by atoms with E-state index in [9.17, 15) is 0 Å². The highest BCUT2D eigenvalue weighted by atomic mass is 79.9. The Kier molecular flexibility index (Phi) is 19.9. The van der Waals surface area contributed by atoms with Crippen LogP contribution in [0.2, 0.25) is 0 Å². The molecule has 0 bridgehead atoms. The van der Waals surface area contributed by atoms with Crippen LogP contribution in [0.4, 0.5) is 0 Å². The molecule has 0 aliphatic heterocycles. The minimum absolute atomic E-state index is 0.